The number of carboxylic acids is 1. The number of thiazole rings is 1. The summed E-state index contributed by atoms with van der Waals surface area (Å²) in [5, 5.41) is 12.5. The van der Waals surface area contributed by atoms with Gasteiger partial charge in [-0.25, -0.2) is 9.78 Å². The van der Waals surface area contributed by atoms with Crippen LogP contribution in [0.15, 0.2) is 29.6 Å². The van der Waals surface area contributed by atoms with Crippen molar-refractivity contribution in [3.05, 3.63) is 51.5 Å². The molecule has 3 rings (SSSR count). The fourth-order valence-corrected chi connectivity index (χ4v) is 4.02. The van der Waals surface area contributed by atoms with Crippen molar-refractivity contribution < 1.29 is 9.90 Å². The molecule has 0 bridgehead atoms. The molecule has 1 aromatic carbocycles. The summed E-state index contributed by atoms with van der Waals surface area (Å²) < 4.78 is 0. The van der Waals surface area contributed by atoms with Gasteiger partial charge in [-0.3, -0.25) is 9.80 Å². The van der Waals surface area contributed by atoms with Gasteiger partial charge in [-0.05, 0) is 17.7 Å². The lowest BCUT2D eigenvalue weighted by atomic mass is 9.98. The molecular formula is C20H27N3O2S. The molecule has 1 fully saturated rings. The Hall–Kier alpha value is -1.76. The van der Waals surface area contributed by atoms with Gasteiger partial charge in [-0.1, -0.05) is 32.9 Å². The van der Waals surface area contributed by atoms with E-state index in [-0.39, 0.29) is 5.41 Å². The molecule has 0 unspecified atom stereocenters. The van der Waals surface area contributed by atoms with E-state index in [0.29, 0.717) is 5.56 Å². The lowest BCUT2D eigenvalue weighted by molar-refractivity contribution is 0.0696. The van der Waals surface area contributed by atoms with Crippen LogP contribution in [0.5, 0.6) is 0 Å². The van der Waals surface area contributed by atoms with E-state index < -0.39 is 5.97 Å². The van der Waals surface area contributed by atoms with Crippen molar-refractivity contribution in [1.82, 2.24) is 14.8 Å². The van der Waals surface area contributed by atoms with E-state index in [1.807, 2.05) is 12.1 Å². The highest BCUT2D eigenvalue weighted by molar-refractivity contribution is 7.09. The standard InChI is InChI=1S/C20H27N3O2S/c1-20(2,3)19-21-17(14-26-19)13-23-9-7-22(8-10-23)12-15-5-4-6-16(11-15)18(24)25/h4-6,11,14H,7-10,12-13H2,1-3H3,(H,24,25). The van der Waals surface area contributed by atoms with Crippen molar-refractivity contribution in [1.29, 1.82) is 0 Å². The Balaban J connectivity index is 1.51. The first-order chi connectivity index (χ1) is 12.3. The first-order valence-corrected chi connectivity index (χ1v) is 9.91. The molecule has 0 aliphatic carbocycles. The van der Waals surface area contributed by atoms with Gasteiger partial charge in [0.1, 0.15) is 0 Å². The summed E-state index contributed by atoms with van der Waals surface area (Å²) in [4.78, 5) is 20.7. The summed E-state index contributed by atoms with van der Waals surface area (Å²) in [5.41, 5.74) is 2.71. The van der Waals surface area contributed by atoms with Crippen LogP contribution in [0.25, 0.3) is 0 Å². The van der Waals surface area contributed by atoms with Crippen molar-refractivity contribution in [3.63, 3.8) is 0 Å². The third-order valence-corrected chi connectivity index (χ3v) is 5.94. The van der Waals surface area contributed by atoms with Crippen LogP contribution in [0.1, 0.15) is 47.4 Å². The average Bonchev–Trinajstić information content (AvgIpc) is 3.06. The topological polar surface area (TPSA) is 56.7 Å². The quantitative estimate of drug-likeness (QED) is 0.870. The van der Waals surface area contributed by atoms with E-state index in [1.165, 1.54) is 10.7 Å². The number of piperazine rings is 1. The molecule has 6 heteroatoms. The molecule has 1 aliphatic rings. The number of aromatic nitrogens is 1. The molecule has 1 aromatic heterocycles. The van der Waals surface area contributed by atoms with Gasteiger partial charge in [0.15, 0.2) is 0 Å². The molecule has 1 N–H and O–H groups in total. The Morgan fingerprint density at radius 2 is 1.81 bits per heavy atom. The van der Waals surface area contributed by atoms with Gasteiger partial charge >= 0.3 is 5.97 Å². The van der Waals surface area contributed by atoms with Crippen molar-refractivity contribution in [2.75, 3.05) is 26.2 Å². The first-order valence-electron chi connectivity index (χ1n) is 9.03. The molecule has 0 saturated carbocycles. The zero-order chi connectivity index (χ0) is 18.7. The number of carboxylic acid groups (broad SMARTS) is 1. The SMILES string of the molecule is CC(C)(C)c1nc(CN2CCN(Cc3cccc(C(=O)O)c3)CC2)cs1. The minimum Gasteiger partial charge on any atom is -0.478 e. The van der Waals surface area contributed by atoms with Crippen LogP contribution in [0.2, 0.25) is 0 Å². The molecule has 2 heterocycles. The molecular weight excluding hydrogens is 346 g/mol. The fraction of sp³-hybridized carbons (Fsp3) is 0.500. The highest BCUT2D eigenvalue weighted by Gasteiger charge is 2.21. The van der Waals surface area contributed by atoms with Crippen molar-refractivity contribution in [2.45, 2.75) is 39.3 Å². The van der Waals surface area contributed by atoms with Crippen LogP contribution in [0, 0.1) is 0 Å². The van der Waals surface area contributed by atoms with E-state index in [4.69, 9.17) is 10.1 Å². The Morgan fingerprint density at radius 1 is 1.15 bits per heavy atom. The van der Waals surface area contributed by atoms with Crippen LogP contribution in [-0.2, 0) is 18.5 Å². The van der Waals surface area contributed by atoms with Gasteiger partial charge in [0.25, 0.3) is 0 Å². The van der Waals surface area contributed by atoms with E-state index in [0.717, 1.165) is 44.8 Å². The van der Waals surface area contributed by atoms with Crippen LogP contribution in [-0.4, -0.2) is 52.0 Å². The van der Waals surface area contributed by atoms with Crippen LogP contribution in [0.3, 0.4) is 0 Å². The van der Waals surface area contributed by atoms with Crippen molar-refractivity contribution in [2.24, 2.45) is 0 Å². The summed E-state index contributed by atoms with van der Waals surface area (Å²) in [6, 6.07) is 7.24. The maximum absolute atomic E-state index is 11.1. The number of hydrogen-bond donors (Lipinski definition) is 1. The minimum absolute atomic E-state index is 0.117. The van der Waals surface area contributed by atoms with E-state index in [1.54, 1.807) is 23.5 Å². The van der Waals surface area contributed by atoms with Crippen LogP contribution in [0.4, 0.5) is 0 Å². The van der Waals surface area contributed by atoms with Gasteiger partial charge in [0, 0.05) is 50.1 Å². The number of benzene rings is 1. The van der Waals surface area contributed by atoms with Crippen LogP contribution < -0.4 is 0 Å². The van der Waals surface area contributed by atoms with E-state index in [9.17, 15) is 4.79 Å². The zero-order valence-corrected chi connectivity index (χ0v) is 16.6. The monoisotopic (exact) mass is 373 g/mol. The summed E-state index contributed by atoms with van der Waals surface area (Å²) in [7, 11) is 0. The summed E-state index contributed by atoms with van der Waals surface area (Å²) in [6.07, 6.45) is 0. The summed E-state index contributed by atoms with van der Waals surface area (Å²) in [6.45, 7) is 12.3. The van der Waals surface area contributed by atoms with Gasteiger partial charge in [-0.15, -0.1) is 11.3 Å². The zero-order valence-electron chi connectivity index (χ0n) is 15.7. The second-order valence-corrected chi connectivity index (χ2v) is 8.81. The normalized spacial score (nSPS) is 16.7. The van der Waals surface area contributed by atoms with Crippen molar-refractivity contribution >= 4 is 17.3 Å². The Labute approximate surface area is 159 Å². The van der Waals surface area contributed by atoms with Gasteiger partial charge in [0.05, 0.1) is 16.3 Å². The molecule has 2 aromatic rings. The number of rotatable bonds is 5. The lowest BCUT2D eigenvalue weighted by Crippen LogP contribution is -2.45. The Bertz CT molecular complexity index is 758. The van der Waals surface area contributed by atoms with E-state index in [2.05, 4.69) is 36.0 Å². The largest absolute Gasteiger partial charge is 0.478 e. The van der Waals surface area contributed by atoms with Gasteiger partial charge in [0.2, 0.25) is 0 Å². The van der Waals surface area contributed by atoms with E-state index >= 15 is 0 Å². The third kappa shape index (κ3) is 4.90. The molecule has 26 heavy (non-hydrogen) atoms. The summed E-state index contributed by atoms with van der Waals surface area (Å²) in [5.74, 6) is -0.866. The number of carbonyl (C=O) groups is 1. The number of hydrogen-bond acceptors (Lipinski definition) is 5. The molecule has 140 valence electrons. The molecule has 1 aliphatic heterocycles. The molecule has 1 saturated heterocycles. The molecule has 0 radical (unpaired) electrons. The summed E-state index contributed by atoms with van der Waals surface area (Å²) >= 11 is 1.75. The predicted octanol–water partition coefficient (Wildman–Crippen LogP) is 3.46. The smallest absolute Gasteiger partial charge is 0.335 e. The molecule has 0 amide bonds. The molecule has 5 nitrogen and oxygen atoms in total. The third-order valence-electron chi connectivity index (χ3n) is 4.62. The highest BCUT2D eigenvalue weighted by Crippen LogP contribution is 2.26. The van der Waals surface area contributed by atoms with Crippen molar-refractivity contribution in [3.8, 4) is 0 Å². The lowest BCUT2D eigenvalue weighted by Gasteiger charge is -2.34. The predicted molar refractivity (Wildman–Crippen MR) is 105 cm³/mol. The fourth-order valence-electron chi connectivity index (χ4n) is 3.12. The number of nitrogens with zero attached hydrogens (tertiary/aromatic N) is 3. The number of aromatic carboxylic acids is 1. The first kappa shape index (κ1) is 19.0. The van der Waals surface area contributed by atoms with Gasteiger partial charge in [-0.2, -0.15) is 0 Å². The molecule has 0 atom stereocenters. The second-order valence-electron chi connectivity index (χ2n) is 7.95. The highest BCUT2D eigenvalue weighted by atomic mass is 32.1. The van der Waals surface area contributed by atoms with Gasteiger partial charge < -0.3 is 5.11 Å². The Morgan fingerprint density at radius 3 is 2.38 bits per heavy atom. The maximum atomic E-state index is 11.1. The second kappa shape index (κ2) is 7.86. The Kier molecular flexibility index (Phi) is 5.75. The average molecular weight is 374 g/mol. The maximum Gasteiger partial charge on any atom is 0.335 e. The minimum atomic E-state index is -0.866. The molecule has 0 spiro atoms. The van der Waals surface area contributed by atoms with Crippen LogP contribution >= 0.6 is 11.3 Å².